The number of aromatic nitrogens is 1. The largest absolute Gasteiger partial charge is 0.493 e. The number of pyridine rings is 1. The highest BCUT2D eigenvalue weighted by Crippen LogP contribution is 2.35. The standard InChI is InChI=1S/C22H23N3O3S/c1-14-15(2)22(29-13-20(26)24-19-5-3-4-9-23-19)25(21(14)27)12-16-6-7-18-17(11-16)8-10-28-18/h3-7,9,11,22H,8,10,12-13H2,1-2H3,(H,23,24,26). The third-order valence-electron chi connectivity index (χ3n) is 5.24. The lowest BCUT2D eigenvalue weighted by molar-refractivity contribution is -0.126. The Balaban J connectivity index is 1.43. The number of nitrogens with one attached hydrogen (secondary N) is 1. The van der Waals surface area contributed by atoms with E-state index in [1.165, 1.54) is 17.3 Å². The second kappa shape index (κ2) is 8.29. The van der Waals surface area contributed by atoms with E-state index in [9.17, 15) is 9.59 Å². The highest BCUT2D eigenvalue weighted by molar-refractivity contribution is 8.00. The van der Waals surface area contributed by atoms with Crippen molar-refractivity contribution in [1.29, 1.82) is 0 Å². The van der Waals surface area contributed by atoms with E-state index in [1.54, 1.807) is 18.3 Å². The van der Waals surface area contributed by atoms with Gasteiger partial charge in [-0.25, -0.2) is 4.98 Å². The van der Waals surface area contributed by atoms with Crippen LogP contribution in [0.15, 0.2) is 53.7 Å². The van der Waals surface area contributed by atoms with E-state index in [1.807, 2.05) is 36.9 Å². The molecule has 0 radical (unpaired) electrons. The van der Waals surface area contributed by atoms with Crippen LogP contribution in [0.5, 0.6) is 5.75 Å². The van der Waals surface area contributed by atoms with Gasteiger partial charge in [0.15, 0.2) is 0 Å². The maximum atomic E-state index is 12.8. The molecule has 1 unspecified atom stereocenters. The van der Waals surface area contributed by atoms with Crippen molar-refractivity contribution in [3.63, 3.8) is 0 Å². The number of carbonyl (C=O) groups is 2. The van der Waals surface area contributed by atoms with Crippen molar-refractivity contribution in [2.24, 2.45) is 0 Å². The molecule has 1 atom stereocenters. The molecule has 1 aromatic carbocycles. The maximum absolute atomic E-state index is 12.8. The Morgan fingerprint density at radius 1 is 1.31 bits per heavy atom. The number of ether oxygens (including phenoxy) is 1. The Kier molecular flexibility index (Phi) is 5.58. The van der Waals surface area contributed by atoms with Crippen molar-refractivity contribution < 1.29 is 14.3 Å². The molecule has 0 spiro atoms. The van der Waals surface area contributed by atoms with E-state index < -0.39 is 0 Å². The first-order valence-corrected chi connectivity index (χ1v) is 10.6. The molecule has 4 rings (SSSR count). The number of hydrogen-bond acceptors (Lipinski definition) is 5. The molecule has 150 valence electrons. The van der Waals surface area contributed by atoms with Crippen molar-refractivity contribution in [2.45, 2.75) is 32.2 Å². The predicted molar refractivity (Wildman–Crippen MR) is 114 cm³/mol. The summed E-state index contributed by atoms with van der Waals surface area (Å²) >= 11 is 1.46. The van der Waals surface area contributed by atoms with Gasteiger partial charge in [-0.2, -0.15) is 0 Å². The molecular formula is C22H23N3O3S. The fraction of sp³-hybridized carbons (Fsp3) is 0.318. The molecular weight excluding hydrogens is 386 g/mol. The number of fused-ring (bicyclic) bond motifs is 1. The minimum absolute atomic E-state index is 0.0295. The lowest BCUT2D eigenvalue weighted by atomic mass is 10.1. The SMILES string of the molecule is CC1=C(C)C(SCC(=O)Nc2ccccn2)N(Cc2ccc3c(c2)CCO3)C1=O. The third-order valence-corrected chi connectivity index (χ3v) is 6.59. The Labute approximate surface area is 174 Å². The van der Waals surface area contributed by atoms with Crippen LogP contribution < -0.4 is 10.1 Å². The molecule has 2 amide bonds. The average Bonchev–Trinajstić information content (AvgIpc) is 3.27. The summed E-state index contributed by atoms with van der Waals surface area (Å²) in [7, 11) is 0. The number of rotatable bonds is 6. The van der Waals surface area contributed by atoms with Crippen LogP contribution in [0.25, 0.3) is 0 Å². The summed E-state index contributed by atoms with van der Waals surface area (Å²) in [5.41, 5.74) is 4.04. The number of benzene rings is 1. The molecule has 3 heterocycles. The van der Waals surface area contributed by atoms with Crippen LogP contribution in [0.1, 0.15) is 25.0 Å². The van der Waals surface area contributed by atoms with Crippen LogP contribution in [0.3, 0.4) is 0 Å². The number of hydrogen-bond donors (Lipinski definition) is 1. The van der Waals surface area contributed by atoms with Gasteiger partial charge in [-0.05, 0) is 48.7 Å². The smallest absolute Gasteiger partial charge is 0.251 e. The molecule has 2 aliphatic rings. The van der Waals surface area contributed by atoms with Gasteiger partial charge in [0.25, 0.3) is 5.91 Å². The molecule has 0 aliphatic carbocycles. The van der Waals surface area contributed by atoms with Gasteiger partial charge in [0.2, 0.25) is 5.91 Å². The van der Waals surface area contributed by atoms with Crippen molar-refractivity contribution in [1.82, 2.24) is 9.88 Å². The molecule has 2 aliphatic heterocycles. The molecule has 6 nitrogen and oxygen atoms in total. The molecule has 0 saturated carbocycles. The van der Waals surface area contributed by atoms with Crippen LogP contribution in [0, 0.1) is 0 Å². The molecule has 29 heavy (non-hydrogen) atoms. The molecule has 7 heteroatoms. The lowest BCUT2D eigenvalue weighted by Gasteiger charge is -2.26. The molecule has 2 aromatic rings. The average molecular weight is 410 g/mol. The third kappa shape index (κ3) is 4.15. The number of thioether (sulfide) groups is 1. The maximum Gasteiger partial charge on any atom is 0.251 e. The summed E-state index contributed by atoms with van der Waals surface area (Å²) < 4.78 is 5.57. The van der Waals surface area contributed by atoms with Crippen LogP contribution in [-0.2, 0) is 22.6 Å². The topological polar surface area (TPSA) is 71.5 Å². The fourth-order valence-electron chi connectivity index (χ4n) is 3.58. The van der Waals surface area contributed by atoms with Gasteiger partial charge in [-0.3, -0.25) is 9.59 Å². The predicted octanol–water partition coefficient (Wildman–Crippen LogP) is 3.39. The zero-order chi connectivity index (χ0) is 20.4. The summed E-state index contributed by atoms with van der Waals surface area (Å²) in [5.74, 6) is 1.61. The van der Waals surface area contributed by atoms with E-state index in [2.05, 4.69) is 16.4 Å². The molecule has 0 fully saturated rings. The van der Waals surface area contributed by atoms with Crippen molar-refractivity contribution in [2.75, 3.05) is 17.7 Å². The highest BCUT2D eigenvalue weighted by Gasteiger charge is 2.35. The summed E-state index contributed by atoms with van der Waals surface area (Å²) in [6.45, 7) is 5.05. The van der Waals surface area contributed by atoms with Crippen molar-refractivity contribution in [3.05, 3.63) is 64.9 Å². The molecule has 0 bridgehead atoms. The van der Waals surface area contributed by atoms with E-state index in [0.29, 0.717) is 19.0 Å². The number of anilines is 1. The Morgan fingerprint density at radius 3 is 2.97 bits per heavy atom. The first-order valence-electron chi connectivity index (χ1n) is 9.58. The first kappa shape index (κ1) is 19.5. The number of amides is 2. The number of nitrogens with zero attached hydrogens (tertiary/aromatic N) is 2. The van der Waals surface area contributed by atoms with Crippen molar-refractivity contribution >= 4 is 29.4 Å². The summed E-state index contributed by atoms with van der Waals surface area (Å²) in [6.07, 6.45) is 2.54. The zero-order valence-electron chi connectivity index (χ0n) is 16.5. The highest BCUT2D eigenvalue weighted by atomic mass is 32.2. The Bertz CT molecular complexity index is 975. The minimum atomic E-state index is -0.151. The van der Waals surface area contributed by atoms with E-state index in [0.717, 1.165) is 28.9 Å². The van der Waals surface area contributed by atoms with Crippen molar-refractivity contribution in [3.8, 4) is 5.75 Å². The Morgan fingerprint density at radius 2 is 2.17 bits per heavy atom. The van der Waals surface area contributed by atoms with Gasteiger partial charge in [-0.15, -0.1) is 11.8 Å². The molecule has 0 saturated heterocycles. The summed E-state index contributed by atoms with van der Waals surface area (Å²) in [4.78, 5) is 31.1. The fourth-order valence-corrected chi connectivity index (χ4v) is 4.74. The minimum Gasteiger partial charge on any atom is -0.493 e. The monoisotopic (exact) mass is 409 g/mol. The van der Waals surface area contributed by atoms with E-state index in [-0.39, 0.29) is 22.9 Å². The van der Waals surface area contributed by atoms with E-state index in [4.69, 9.17) is 4.74 Å². The normalized spacial score (nSPS) is 18.1. The first-order chi connectivity index (χ1) is 14.0. The van der Waals surface area contributed by atoms with Gasteiger partial charge in [0.05, 0.1) is 12.4 Å². The van der Waals surface area contributed by atoms with Crippen LogP contribution >= 0.6 is 11.8 Å². The van der Waals surface area contributed by atoms with Crippen LogP contribution in [0.2, 0.25) is 0 Å². The van der Waals surface area contributed by atoms with Gasteiger partial charge in [0, 0.05) is 24.7 Å². The van der Waals surface area contributed by atoms with Gasteiger partial charge in [0.1, 0.15) is 16.9 Å². The van der Waals surface area contributed by atoms with E-state index >= 15 is 0 Å². The van der Waals surface area contributed by atoms with Gasteiger partial charge in [-0.1, -0.05) is 18.2 Å². The lowest BCUT2D eigenvalue weighted by Crippen LogP contribution is -2.34. The van der Waals surface area contributed by atoms with Gasteiger partial charge < -0.3 is 15.0 Å². The zero-order valence-corrected chi connectivity index (χ0v) is 17.3. The van der Waals surface area contributed by atoms with Crippen LogP contribution in [-0.4, -0.2) is 39.4 Å². The van der Waals surface area contributed by atoms with Gasteiger partial charge >= 0.3 is 0 Å². The molecule has 1 aromatic heterocycles. The second-order valence-corrected chi connectivity index (χ2v) is 8.28. The molecule has 1 N–H and O–H groups in total. The second-order valence-electron chi connectivity index (χ2n) is 7.21. The quantitative estimate of drug-likeness (QED) is 0.792. The Hall–Kier alpha value is -2.80. The number of carbonyl (C=O) groups excluding carboxylic acids is 2. The summed E-state index contributed by atoms with van der Waals surface area (Å²) in [5, 5.41) is 2.64. The summed E-state index contributed by atoms with van der Waals surface area (Å²) in [6, 6.07) is 11.5. The van der Waals surface area contributed by atoms with Crippen LogP contribution in [0.4, 0.5) is 5.82 Å².